The second kappa shape index (κ2) is 7.91. The van der Waals surface area contributed by atoms with Crippen molar-refractivity contribution in [3.63, 3.8) is 0 Å². The van der Waals surface area contributed by atoms with Crippen molar-refractivity contribution in [3.05, 3.63) is 11.5 Å². The van der Waals surface area contributed by atoms with Gasteiger partial charge in [-0.05, 0) is 0 Å². The molecule has 0 saturated heterocycles. The number of aliphatic hydroxyl groups excluding tert-OH is 4. The maximum atomic E-state index is 10.5. The Balaban J connectivity index is -0.000000141. The van der Waals surface area contributed by atoms with Crippen LogP contribution >= 0.6 is 7.82 Å². The fourth-order valence-corrected chi connectivity index (χ4v) is 0.823. The Morgan fingerprint density at radius 2 is 1.72 bits per heavy atom. The van der Waals surface area contributed by atoms with Crippen LogP contribution in [0.1, 0.15) is 2.85 Å². The van der Waals surface area contributed by atoms with Crippen molar-refractivity contribution in [1.29, 1.82) is 0 Å². The molecule has 0 aromatic heterocycles. The van der Waals surface area contributed by atoms with Gasteiger partial charge < -0.3 is 42.7 Å². The molecule has 0 aromatic rings. The molecule has 0 amide bonds. The largest absolute Gasteiger partial charge is 2.00 e. The molecule has 1 aliphatic heterocycles. The van der Waals surface area contributed by atoms with E-state index >= 15 is 0 Å². The predicted octanol–water partition coefficient (Wildman–Crippen LogP) is -2.49. The number of hydrogen-bond acceptors (Lipinski definition) is 7. The minimum atomic E-state index is -4.64. The van der Waals surface area contributed by atoms with Crippen molar-refractivity contribution < 1.29 is 52.1 Å². The molecule has 10 nitrogen and oxygen atoms in total. The third-order valence-corrected chi connectivity index (χ3v) is 1.48. The van der Waals surface area contributed by atoms with Gasteiger partial charge >= 0.3 is 36.8 Å². The molecule has 1 aliphatic rings. The van der Waals surface area contributed by atoms with Gasteiger partial charge in [0.1, 0.15) is 6.10 Å². The Bertz CT molecular complexity index is 362. The first-order chi connectivity index (χ1) is 7.57. The maximum absolute atomic E-state index is 10.5. The van der Waals surface area contributed by atoms with Crippen molar-refractivity contribution >= 4 is 36.8 Å². The van der Waals surface area contributed by atoms with Gasteiger partial charge in [0.25, 0.3) is 0 Å². The summed E-state index contributed by atoms with van der Waals surface area (Å²) in [5, 5.41) is 35.0. The van der Waals surface area contributed by atoms with Gasteiger partial charge in [0.15, 0.2) is 11.9 Å². The van der Waals surface area contributed by atoms with Crippen molar-refractivity contribution in [2.24, 2.45) is 0 Å². The third-order valence-electron chi connectivity index (χ3n) is 1.48. The summed E-state index contributed by atoms with van der Waals surface area (Å²) >= 11 is 0. The van der Waals surface area contributed by atoms with Crippen LogP contribution in [0.5, 0.6) is 0 Å². The van der Waals surface area contributed by atoms with Crippen LogP contribution in [0, 0.1) is 0 Å². The second-order valence-electron chi connectivity index (χ2n) is 2.82. The molecule has 0 fully saturated rings. The van der Waals surface area contributed by atoms with Crippen molar-refractivity contribution in [1.82, 2.24) is 0 Å². The summed E-state index contributed by atoms with van der Waals surface area (Å²) in [5.74, 6) is -2.78. The standard InChI is InChI=1S/C6H8O6.Mg.H3O4P.2H/c7-1-2(8)5-3(9)4(10)6(11)12-5;;1-5(2,3)4;;/h2,5,7-10H,1H2;;(H3,1,2,3,4);;/q;+2;;2*-1/t2?,5-;;;;/m1..../s1. The van der Waals surface area contributed by atoms with Gasteiger partial charge in [0.05, 0.1) is 6.61 Å². The average molecular weight is 300 g/mol. The van der Waals surface area contributed by atoms with Gasteiger partial charge in [-0.2, -0.15) is 0 Å². The monoisotopic (exact) mass is 300 g/mol. The number of carbonyl (C=O) groups excluding carboxylic acids is 1. The first-order valence-electron chi connectivity index (χ1n) is 3.98. The topological polar surface area (TPSA) is 185 Å². The SMILES string of the molecule is O=C1O[C@H](C(O)CO)C(O)=C1O.O=P(O)(O)O.[H-].[H-].[Mg+2]. The molecule has 0 bridgehead atoms. The Kier molecular flexibility index (Phi) is 8.76. The van der Waals surface area contributed by atoms with Gasteiger partial charge in [0.2, 0.25) is 5.76 Å². The van der Waals surface area contributed by atoms with E-state index < -0.39 is 44.1 Å². The number of carbonyl (C=O) groups is 1. The third kappa shape index (κ3) is 7.13. The van der Waals surface area contributed by atoms with E-state index in [9.17, 15) is 4.79 Å². The predicted molar refractivity (Wildman–Crippen MR) is 57.5 cm³/mol. The normalized spacial score (nSPS) is 20.5. The van der Waals surface area contributed by atoms with Gasteiger partial charge in [-0.15, -0.1) is 0 Å². The number of ether oxygens (including phenoxy) is 1. The first-order valence-corrected chi connectivity index (χ1v) is 5.54. The Hall–Kier alpha value is -0.394. The summed E-state index contributed by atoms with van der Waals surface area (Å²) in [6, 6.07) is 0. The Morgan fingerprint density at radius 1 is 1.33 bits per heavy atom. The van der Waals surface area contributed by atoms with Crippen molar-refractivity contribution in [2.75, 3.05) is 6.61 Å². The molecule has 2 atom stereocenters. The van der Waals surface area contributed by atoms with E-state index in [1.165, 1.54) is 0 Å². The molecule has 104 valence electrons. The minimum Gasteiger partial charge on any atom is -1.00 e. The molecule has 1 unspecified atom stereocenters. The van der Waals surface area contributed by atoms with Gasteiger partial charge in [-0.3, -0.25) is 0 Å². The van der Waals surface area contributed by atoms with E-state index in [2.05, 4.69) is 4.74 Å². The summed E-state index contributed by atoms with van der Waals surface area (Å²) in [6.45, 7) is -0.671. The van der Waals surface area contributed by atoms with Crippen LogP contribution in [0.25, 0.3) is 0 Å². The zero-order valence-corrected chi connectivity index (χ0v) is 11.2. The first kappa shape index (κ1) is 19.9. The summed E-state index contributed by atoms with van der Waals surface area (Å²) < 4.78 is 13.2. The molecule has 0 spiro atoms. The van der Waals surface area contributed by atoms with E-state index in [1.54, 1.807) is 0 Å². The molecule has 7 N–H and O–H groups in total. The number of rotatable bonds is 2. The average Bonchev–Trinajstić information content (AvgIpc) is 2.42. The molecule has 0 radical (unpaired) electrons. The number of cyclic esters (lactones) is 1. The summed E-state index contributed by atoms with van der Waals surface area (Å²) in [4.78, 5) is 32.1. The van der Waals surface area contributed by atoms with E-state index in [0.29, 0.717) is 0 Å². The molecule has 0 aromatic carbocycles. The number of aliphatic hydroxyl groups is 4. The Morgan fingerprint density at radius 3 is 1.94 bits per heavy atom. The van der Waals surface area contributed by atoms with Crippen LogP contribution in [0.2, 0.25) is 0 Å². The van der Waals surface area contributed by atoms with Crippen molar-refractivity contribution in [2.45, 2.75) is 12.2 Å². The fourth-order valence-electron chi connectivity index (χ4n) is 0.823. The molecule has 0 aliphatic carbocycles. The minimum absolute atomic E-state index is 0. The Labute approximate surface area is 119 Å². The van der Waals surface area contributed by atoms with Crippen molar-refractivity contribution in [3.8, 4) is 0 Å². The zero-order valence-electron chi connectivity index (χ0n) is 10.9. The van der Waals surface area contributed by atoms with Crippen LogP contribution < -0.4 is 0 Å². The fraction of sp³-hybridized carbons (Fsp3) is 0.500. The summed E-state index contributed by atoms with van der Waals surface area (Å²) in [6.07, 6.45) is -2.78. The quantitative estimate of drug-likeness (QED) is 0.163. The molecule has 18 heavy (non-hydrogen) atoms. The molecule has 0 saturated carbocycles. The second-order valence-corrected chi connectivity index (χ2v) is 3.85. The smallest absolute Gasteiger partial charge is 1.00 e. The van der Waals surface area contributed by atoms with E-state index in [0.717, 1.165) is 0 Å². The molecular formula is C6H13MgO10P. The van der Waals surface area contributed by atoms with Crippen LogP contribution in [0.15, 0.2) is 11.5 Å². The van der Waals surface area contributed by atoms with Gasteiger partial charge in [-0.25, -0.2) is 9.36 Å². The van der Waals surface area contributed by atoms with E-state index in [-0.39, 0.29) is 25.9 Å². The van der Waals surface area contributed by atoms with Gasteiger partial charge in [-0.1, -0.05) is 0 Å². The van der Waals surface area contributed by atoms with Gasteiger partial charge in [0, 0.05) is 0 Å². The zero-order chi connectivity index (χ0) is 13.8. The van der Waals surface area contributed by atoms with E-state index in [1.807, 2.05) is 0 Å². The molecule has 1 heterocycles. The number of hydrogen-bond donors (Lipinski definition) is 7. The molecule has 12 heteroatoms. The summed E-state index contributed by atoms with van der Waals surface area (Å²) in [5.41, 5.74) is 0. The molecule has 1 rings (SSSR count). The molecular weight excluding hydrogens is 287 g/mol. The summed E-state index contributed by atoms with van der Waals surface area (Å²) in [7, 11) is -4.64. The maximum Gasteiger partial charge on any atom is 2.00 e. The van der Waals surface area contributed by atoms with Crippen LogP contribution in [-0.2, 0) is 14.1 Å². The van der Waals surface area contributed by atoms with E-state index in [4.69, 9.17) is 39.7 Å². The van der Waals surface area contributed by atoms with Crippen LogP contribution in [0.4, 0.5) is 0 Å². The van der Waals surface area contributed by atoms with Crippen LogP contribution in [-0.4, -0.2) is 82.9 Å². The number of phosphoric acid groups is 1. The van der Waals surface area contributed by atoms with Crippen LogP contribution in [0.3, 0.4) is 0 Å². The number of esters is 1.